The molecule has 0 amide bonds. The van der Waals surface area contributed by atoms with Crippen molar-refractivity contribution in [2.75, 3.05) is 0 Å². The van der Waals surface area contributed by atoms with Crippen LogP contribution in [0, 0.1) is 5.41 Å². The maximum atomic E-state index is 9.22. The summed E-state index contributed by atoms with van der Waals surface area (Å²) in [5, 5.41) is 9.22. The molecule has 1 aromatic carbocycles. The van der Waals surface area contributed by atoms with E-state index in [1.165, 1.54) is 17.6 Å². The van der Waals surface area contributed by atoms with Crippen molar-refractivity contribution in [3.05, 3.63) is 35.9 Å². The first kappa shape index (κ1) is 10.3. The van der Waals surface area contributed by atoms with Crippen LogP contribution in [0.3, 0.4) is 0 Å². The fourth-order valence-electron chi connectivity index (χ4n) is 2.01. The highest BCUT2D eigenvalue weighted by Gasteiger charge is 2.21. The third-order valence-corrected chi connectivity index (χ3v) is 3.21. The summed E-state index contributed by atoms with van der Waals surface area (Å²) in [6.07, 6.45) is 5.90. The van der Waals surface area contributed by atoms with E-state index >= 15 is 0 Å². The zero-order valence-corrected chi connectivity index (χ0v) is 9.46. The van der Waals surface area contributed by atoms with Gasteiger partial charge in [0.25, 0.3) is 0 Å². The average Bonchev–Trinajstić information content (AvgIpc) is 2.20. The van der Waals surface area contributed by atoms with Crippen LogP contribution >= 0.6 is 0 Å². The highest BCUT2D eigenvalue weighted by molar-refractivity contribution is 5.66. The minimum Gasteiger partial charge on any atom is -0.508 e. The molecule has 0 heterocycles. The van der Waals surface area contributed by atoms with Crippen LogP contribution in [0.25, 0.3) is 5.57 Å². The molecule has 0 bridgehead atoms. The van der Waals surface area contributed by atoms with E-state index in [0.29, 0.717) is 11.2 Å². The number of phenolic OH excluding ortho intramolecular Hbond substituents is 1. The Morgan fingerprint density at radius 2 is 1.80 bits per heavy atom. The van der Waals surface area contributed by atoms with Crippen LogP contribution in [-0.4, -0.2) is 5.11 Å². The molecule has 0 aromatic heterocycles. The minimum absolute atomic E-state index is 0.343. The minimum atomic E-state index is 0.343. The van der Waals surface area contributed by atoms with Crippen LogP contribution in [0.1, 0.15) is 38.7 Å². The summed E-state index contributed by atoms with van der Waals surface area (Å²) in [7, 11) is 0. The van der Waals surface area contributed by atoms with Gasteiger partial charge in [-0.15, -0.1) is 0 Å². The maximum Gasteiger partial charge on any atom is 0.115 e. The van der Waals surface area contributed by atoms with Gasteiger partial charge in [0.1, 0.15) is 5.75 Å². The molecule has 1 aliphatic carbocycles. The van der Waals surface area contributed by atoms with Crippen molar-refractivity contribution < 1.29 is 5.11 Å². The summed E-state index contributed by atoms with van der Waals surface area (Å²) in [5.74, 6) is 0.343. The average molecular weight is 202 g/mol. The molecule has 0 atom stereocenters. The van der Waals surface area contributed by atoms with Crippen LogP contribution in [0.15, 0.2) is 30.3 Å². The molecule has 0 unspecified atom stereocenters. The van der Waals surface area contributed by atoms with Gasteiger partial charge < -0.3 is 5.11 Å². The predicted octanol–water partition coefficient (Wildman–Crippen LogP) is 3.99. The summed E-state index contributed by atoms with van der Waals surface area (Å²) in [6, 6.07) is 7.52. The van der Waals surface area contributed by atoms with Gasteiger partial charge in [0.05, 0.1) is 0 Å². The second-order valence-corrected chi connectivity index (χ2v) is 5.14. The molecule has 0 fully saturated rings. The molecular weight excluding hydrogens is 184 g/mol. The lowest BCUT2D eigenvalue weighted by Crippen LogP contribution is -2.13. The molecular formula is C14H18O. The largest absolute Gasteiger partial charge is 0.508 e. The number of allylic oxidation sites excluding steroid dienone is 2. The Bertz CT molecular complexity index is 371. The van der Waals surface area contributed by atoms with Gasteiger partial charge in [-0.25, -0.2) is 0 Å². The van der Waals surface area contributed by atoms with E-state index in [-0.39, 0.29) is 0 Å². The van der Waals surface area contributed by atoms with Gasteiger partial charge in [-0.1, -0.05) is 32.1 Å². The molecule has 1 heteroatoms. The molecule has 80 valence electrons. The molecule has 1 nitrogen and oxygen atoms in total. The van der Waals surface area contributed by atoms with E-state index in [1.54, 1.807) is 12.1 Å². The van der Waals surface area contributed by atoms with E-state index in [4.69, 9.17) is 0 Å². The normalized spacial score (nSPS) is 19.7. The Labute approximate surface area is 91.4 Å². The number of hydrogen-bond donors (Lipinski definition) is 1. The van der Waals surface area contributed by atoms with Crippen LogP contribution < -0.4 is 0 Å². The molecule has 0 spiro atoms. The fourth-order valence-corrected chi connectivity index (χ4v) is 2.01. The SMILES string of the molecule is CC1(C)CC=C(c2ccc(O)cc2)CC1. The summed E-state index contributed by atoms with van der Waals surface area (Å²) in [6.45, 7) is 4.63. The number of benzene rings is 1. The Morgan fingerprint density at radius 1 is 1.13 bits per heavy atom. The van der Waals surface area contributed by atoms with Gasteiger partial charge in [0, 0.05) is 0 Å². The smallest absolute Gasteiger partial charge is 0.115 e. The van der Waals surface area contributed by atoms with Crippen molar-refractivity contribution >= 4 is 5.57 Å². The molecule has 15 heavy (non-hydrogen) atoms. The number of aromatic hydroxyl groups is 1. The van der Waals surface area contributed by atoms with Crippen LogP contribution in [-0.2, 0) is 0 Å². The fraction of sp³-hybridized carbons (Fsp3) is 0.429. The van der Waals surface area contributed by atoms with Crippen molar-refractivity contribution in [3.8, 4) is 5.75 Å². The standard InChI is InChI=1S/C14H18O/c1-14(2)9-7-12(8-10-14)11-3-5-13(15)6-4-11/h3-7,15H,8-10H2,1-2H3. The monoisotopic (exact) mass is 202 g/mol. The first-order valence-corrected chi connectivity index (χ1v) is 5.55. The number of hydrogen-bond acceptors (Lipinski definition) is 1. The van der Waals surface area contributed by atoms with Crippen LogP contribution in [0.4, 0.5) is 0 Å². The van der Waals surface area contributed by atoms with E-state index < -0.39 is 0 Å². The van der Waals surface area contributed by atoms with Gasteiger partial charge in [-0.2, -0.15) is 0 Å². The number of phenols is 1. The van der Waals surface area contributed by atoms with Crippen molar-refractivity contribution in [1.82, 2.24) is 0 Å². The van der Waals surface area contributed by atoms with Gasteiger partial charge >= 0.3 is 0 Å². The molecule has 0 saturated heterocycles. The second-order valence-electron chi connectivity index (χ2n) is 5.14. The van der Waals surface area contributed by atoms with Crippen molar-refractivity contribution in [2.45, 2.75) is 33.1 Å². The lowest BCUT2D eigenvalue weighted by molar-refractivity contribution is 0.335. The molecule has 1 aromatic rings. The van der Waals surface area contributed by atoms with Gasteiger partial charge in [-0.05, 0) is 47.9 Å². The third-order valence-electron chi connectivity index (χ3n) is 3.21. The molecule has 1 N–H and O–H groups in total. The lowest BCUT2D eigenvalue weighted by atomic mass is 9.77. The molecule has 0 aliphatic heterocycles. The summed E-state index contributed by atoms with van der Waals surface area (Å²) in [5.41, 5.74) is 3.14. The molecule has 0 saturated carbocycles. The number of rotatable bonds is 1. The van der Waals surface area contributed by atoms with E-state index in [0.717, 1.165) is 12.8 Å². The summed E-state index contributed by atoms with van der Waals surface area (Å²) in [4.78, 5) is 0. The van der Waals surface area contributed by atoms with Crippen molar-refractivity contribution in [1.29, 1.82) is 0 Å². The van der Waals surface area contributed by atoms with Gasteiger partial charge in [0.2, 0.25) is 0 Å². The quantitative estimate of drug-likeness (QED) is 0.730. The second kappa shape index (κ2) is 3.73. The first-order valence-electron chi connectivity index (χ1n) is 5.55. The maximum absolute atomic E-state index is 9.22. The Kier molecular flexibility index (Phi) is 2.56. The Hall–Kier alpha value is -1.24. The van der Waals surface area contributed by atoms with Crippen molar-refractivity contribution in [2.24, 2.45) is 5.41 Å². The highest BCUT2D eigenvalue weighted by Crippen LogP contribution is 2.37. The van der Waals surface area contributed by atoms with E-state index in [9.17, 15) is 5.11 Å². The summed E-state index contributed by atoms with van der Waals surface area (Å²) >= 11 is 0. The zero-order chi connectivity index (χ0) is 10.9. The zero-order valence-electron chi connectivity index (χ0n) is 9.46. The molecule has 2 rings (SSSR count). The third kappa shape index (κ3) is 2.41. The lowest BCUT2D eigenvalue weighted by Gasteiger charge is -2.28. The topological polar surface area (TPSA) is 20.2 Å². The predicted molar refractivity (Wildman–Crippen MR) is 63.7 cm³/mol. The van der Waals surface area contributed by atoms with E-state index in [2.05, 4.69) is 19.9 Å². The Balaban J connectivity index is 2.19. The Morgan fingerprint density at radius 3 is 2.33 bits per heavy atom. The highest BCUT2D eigenvalue weighted by atomic mass is 16.3. The molecule has 0 radical (unpaired) electrons. The van der Waals surface area contributed by atoms with Gasteiger partial charge in [-0.3, -0.25) is 0 Å². The van der Waals surface area contributed by atoms with E-state index in [1.807, 2.05) is 12.1 Å². The summed E-state index contributed by atoms with van der Waals surface area (Å²) < 4.78 is 0. The van der Waals surface area contributed by atoms with Crippen LogP contribution in [0.5, 0.6) is 5.75 Å². The molecule has 1 aliphatic rings. The van der Waals surface area contributed by atoms with Crippen LogP contribution in [0.2, 0.25) is 0 Å². The first-order chi connectivity index (χ1) is 7.07. The van der Waals surface area contributed by atoms with Gasteiger partial charge in [0.15, 0.2) is 0 Å². The van der Waals surface area contributed by atoms with Crippen molar-refractivity contribution in [3.63, 3.8) is 0 Å².